The van der Waals surface area contributed by atoms with E-state index in [9.17, 15) is 4.79 Å². The van der Waals surface area contributed by atoms with Crippen molar-refractivity contribution in [2.75, 3.05) is 19.8 Å². The zero-order chi connectivity index (χ0) is 28.2. The first-order valence-electron chi connectivity index (χ1n) is 12.7. The summed E-state index contributed by atoms with van der Waals surface area (Å²) in [5, 5.41) is 15.7. The second-order valence-corrected chi connectivity index (χ2v) is 10.9. The van der Waals surface area contributed by atoms with Crippen LogP contribution >= 0.6 is 27.7 Å². The Morgan fingerprint density at radius 1 is 0.975 bits per heavy atom. The number of benzene rings is 3. The minimum atomic E-state index is -0.494. The molecule has 2 heterocycles. The van der Waals surface area contributed by atoms with Crippen molar-refractivity contribution in [2.45, 2.75) is 20.8 Å². The van der Waals surface area contributed by atoms with Gasteiger partial charge in [-0.2, -0.15) is 15.1 Å². The van der Waals surface area contributed by atoms with Crippen LogP contribution < -0.4 is 14.2 Å². The number of hydrogen-bond donors (Lipinski definition) is 1. The minimum Gasteiger partial charge on any atom is -0.490 e. The first-order valence-corrected chi connectivity index (χ1v) is 14.3. The Morgan fingerprint density at radius 2 is 1.65 bits per heavy atom. The van der Waals surface area contributed by atoms with E-state index in [-0.39, 0.29) is 11.4 Å². The minimum absolute atomic E-state index is 0.0349. The van der Waals surface area contributed by atoms with Crippen molar-refractivity contribution in [1.82, 2.24) is 5.01 Å². The fraction of sp³-hybridized carbons (Fsp3) is 0.200. The first-order chi connectivity index (χ1) is 19.3. The number of ether oxygens (including phenoxy) is 3. The predicted octanol–water partition coefficient (Wildman–Crippen LogP) is 6.59. The number of aryl methyl sites for hydroxylation is 2. The summed E-state index contributed by atoms with van der Waals surface area (Å²) in [5.74, 6) is 1.29. The van der Waals surface area contributed by atoms with Gasteiger partial charge in [0.25, 0.3) is 5.91 Å². The first kappa shape index (κ1) is 27.7. The number of amides is 1. The van der Waals surface area contributed by atoms with E-state index in [1.165, 1.54) is 22.3 Å². The Bertz CT molecular complexity index is 1550. The van der Waals surface area contributed by atoms with Gasteiger partial charge in [-0.1, -0.05) is 47.5 Å². The number of nitrogens with one attached hydrogen (secondary N) is 1. The fourth-order valence-electron chi connectivity index (χ4n) is 3.98. The maximum absolute atomic E-state index is 12.9. The number of amidine groups is 2. The third-order valence-electron chi connectivity index (χ3n) is 6.02. The molecule has 0 radical (unpaired) electrons. The van der Waals surface area contributed by atoms with Crippen molar-refractivity contribution in [2.24, 2.45) is 10.1 Å². The SMILES string of the molecule is CCOc1cc(/C=C2/C(=N)N3N=C(c4ccc(C)cc4)SC3=NC2=O)cc(Br)c1OCCOc1ccc(C)cc1. The number of carbonyl (C=O) groups is 1. The summed E-state index contributed by atoms with van der Waals surface area (Å²) in [6, 6.07) is 19.3. The third kappa shape index (κ3) is 6.13. The van der Waals surface area contributed by atoms with Crippen molar-refractivity contribution < 1.29 is 19.0 Å². The van der Waals surface area contributed by atoms with Gasteiger partial charge >= 0.3 is 0 Å². The second kappa shape index (κ2) is 12.1. The molecule has 0 aromatic heterocycles. The summed E-state index contributed by atoms with van der Waals surface area (Å²) < 4.78 is 18.3. The molecule has 0 spiro atoms. The summed E-state index contributed by atoms with van der Waals surface area (Å²) in [4.78, 5) is 17.1. The van der Waals surface area contributed by atoms with Crippen LogP contribution in [-0.2, 0) is 4.79 Å². The zero-order valence-corrected chi connectivity index (χ0v) is 24.6. The highest BCUT2D eigenvalue weighted by molar-refractivity contribution is 9.10. The van der Waals surface area contributed by atoms with Crippen LogP contribution in [0.4, 0.5) is 0 Å². The van der Waals surface area contributed by atoms with Gasteiger partial charge in [0.1, 0.15) is 24.0 Å². The Balaban J connectivity index is 1.33. The average Bonchev–Trinajstić information content (AvgIpc) is 3.36. The lowest BCUT2D eigenvalue weighted by molar-refractivity contribution is -0.114. The molecule has 204 valence electrons. The molecule has 5 rings (SSSR count). The van der Waals surface area contributed by atoms with Gasteiger partial charge in [-0.15, -0.1) is 0 Å². The van der Waals surface area contributed by atoms with E-state index >= 15 is 0 Å². The number of hydrogen-bond acceptors (Lipinski definition) is 7. The van der Waals surface area contributed by atoms with E-state index in [4.69, 9.17) is 19.6 Å². The van der Waals surface area contributed by atoms with Crippen molar-refractivity contribution in [3.05, 3.63) is 93.0 Å². The molecule has 0 bridgehead atoms. The molecule has 1 N–H and O–H groups in total. The second-order valence-electron chi connectivity index (χ2n) is 9.06. The number of aliphatic imine (C=N–C) groups is 1. The van der Waals surface area contributed by atoms with Crippen molar-refractivity contribution >= 4 is 55.7 Å². The summed E-state index contributed by atoms with van der Waals surface area (Å²) in [7, 11) is 0. The number of thioether (sulfide) groups is 1. The van der Waals surface area contributed by atoms with Gasteiger partial charge in [0, 0.05) is 5.56 Å². The lowest BCUT2D eigenvalue weighted by Crippen LogP contribution is -2.35. The molecule has 0 fully saturated rings. The van der Waals surface area contributed by atoms with Gasteiger partial charge in [0.05, 0.1) is 16.7 Å². The van der Waals surface area contributed by atoms with E-state index in [0.717, 1.165) is 16.9 Å². The number of hydrazone groups is 1. The zero-order valence-electron chi connectivity index (χ0n) is 22.2. The molecule has 0 saturated carbocycles. The van der Waals surface area contributed by atoms with Crippen LogP contribution in [0.3, 0.4) is 0 Å². The number of nitrogens with zero attached hydrogens (tertiary/aromatic N) is 3. The molecule has 2 aliphatic heterocycles. The average molecular weight is 620 g/mol. The van der Waals surface area contributed by atoms with Crippen LogP contribution in [0.1, 0.15) is 29.2 Å². The summed E-state index contributed by atoms with van der Waals surface area (Å²) in [6.45, 7) is 7.01. The standard InChI is InChI=1S/C30H27BrN4O4S/c1-4-37-25-17-20(16-24(31)26(25)39-14-13-38-22-11-7-19(3)8-12-22)15-23-27(32)35-30(33-28(23)36)40-29(34-35)21-9-5-18(2)6-10-21/h5-12,15-17,32H,4,13-14H2,1-3H3/b23-15-,32-27?. The van der Waals surface area contributed by atoms with Crippen LogP contribution in [0, 0.1) is 19.3 Å². The van der Waals surface area contributed by atoms with Crippen molar-refractivity contribution in [3.8, 4) is 17.2 Å². The fourth-order valence-corrected chi connectivity index (χ4v) is 5.45. The molecule has 3 aromatic carbocycles. The van der Waals surface area contributed by atoms with E-state index in [2.05, 4.69) is 26.0 Å². The molecule has 8 nitrogen and oxygen atoms in total. The largest absolute Gasteiger partial charge is 0.490 e. The topological polar surface area (TPSA) is 96.6 Å². The summed E-state index contributed by atoms with van der Waals surface area (Å²) in [5.41, 5.74) is 4.00. The molecule has 1 amide bonds. The highest BCUT2D eigenvalue weighted by Crippen LogP contribution is 2.38. The molecular formula is C30H27BrN4O4S. The predicted molar refractivity (Wildman–Crippen MR) is 163 cm³/mol. The van der Waals surface area contributed by atoms with Crippen LogP contribution in [0.5, 0.6) is 17.2 Å². The van der Waals surface area contributed by atoms with Crippen molar-refractivity contribution in [1.29, 1.82) is 5.41 Å². The number of rotatable bonds is 9. The lowest BCUT2D eigenvalue weighted by atomic mass is 10.1. The molecule has 0 aliphatic carbocycles. The molecule has 0 atom stereocenters. The third-order valence-corrected chi connectivity index (χ3v) is 7.56. The molecule has 0 unspecified atom stereocenters. The Hall–Kier alpha value is -3.89. The number of halogens is 1. The van der Waals surface area contributed by atoms with Crippen LogP contribution in [0.25, 0.3) is 6.08 Å². The highest BCUT2D eigenvalue weighted by atomic mass is 79.9. The van der Waals surface area contributed by atoms with Crippen LogP contribution in [0.2, 0.25) is 0 Å². The van der Waals surface area contributed by atoms with E-state index < -0.39 is 5.91 Å². The quantitative estimate of drug-likeness (QED) is 0.215. The molecular weight excluding hydrogens is 592 g/mol. The monoisotopic (exact) mass is 618 g/mol. The Morgan fingerprint density at radius 3 is 2.35 bits per heavy atom. The summed E-state index contributed by atoms with van der Waals surface area (Å²) >= 11 is 4.85. The van der Waals surface area contributed by atoms with Gasteiger partial charge in [-0.25, -0.2) is 0 Å². The number of fused-ring (bicyclic) bond motifs is 1. The van der Waals surface area contributed by atoms with E-state index in [1.54, 1.807) is 12.1 Å². The molecule has 10 heteroatoms. The Labute approximate surface area is 245 Å². The van der Waals surface area contributed by atoms with Crippen LogP contribution in [-0.4, -0.2) is 46.8 Å². The molecule has 2 aliphatic rings. The van der Waals surface area contributed by atoms with Gasteiger partial charge in [-0.3, -0.25) is 10.2 Å². The lowest BCUT2D eigenvalue weighted by Gasteiger charge is -2.20. The van der Waals surface area contributed by atoms with Crippen molar-refractivity contribution in [3.63, 3.8) is 0 Å². The van der Waals surface area contributed by atoms with Gasteiger partial charge in [0.2, 0.25) is 5.17 Å². The van der Waals surface area contributed by atoms with Gasteiger partial charge in [0.15, 0.2) is 17.3 Å². The summed E-state index contributed by atoms with van der Waals surface area (Å²) in [6.07, 6.45) is 1.62. The molecule has 40 heavy (non-hydrogen) atoms. The molecule has 0 saturated heterocycles. The molecule has 3 aromatic rings. The maximum atomic E-state index is 12.9. The number of carbonyl (C=O) groups excluding carboxylic acids is 1. The van der Waals surface area contributed by atoms with Gasteiger partial charge in [-0.05, 0) is 84.4 Å². The maximum Gasteiger partial charge on any atom is 0.283 e. The highest BCUT2D eigenvalue weighted by Gasteiger charge is 2.36. The Kier molecular flexibility index (Phi) is 8.37. The van der Waals surface area contributed by atoms with Crippen LogP contribution in [0.15, 0.2) is 80.8 Å². The van der Waals surface area contributed by atoms with E-state index in [0.29, 0.717) is 51.6 Å². The normalized spacial score (nSPS) is 15.6. The van der Waals surface area contributed by atoms with E-state index in [1.807, 2.05) is 75.4 Å². The smallest absolute Gasteiger partial charge is 0.283 e. The van der Waals surface area contributed by atoms with Gasteiger partial charge < -0.3 is 14.2 Å².